The van der Waals surface area contributed by atoms with Gasteiger partial charge >= 0.3 is 0 Å². The highest BCUT2D eigenvalue weighted by molar-refractivity contribution is 9.10. The van der Waals surface area contributed by atoms with Crippen molar-refractivity contribution < 1.29 is 19.1 Å². The molecule has 0 aromatic heterocycles. The molecule has 38 heavy (non-hydrogen) atoms. The molecule has 0 saturated carbocycles. The number of nitrogens with zero attached hydrogens (tertiary/aromatic N) is 1. The molecule has 1 aliphatic heterocycles. The van der Waals surface area contributed by atoms with Crippen LogP contribution in [0.15, 0.2) is 64.0 Å². The zero-order valence-electron chi connectivity index (χ0n) is 20.2. The number of aryl methyl sites for hydroxylation is 1. The first-order valence-electron chi connectivity index (χ1n) is 11.4. The predicted octanol–water partition coefficient (Wildman–Crippen LogP) is 7.59. The summed E-state index contributed by atoms with van der Waals surface area (Å²) in [5, 5.41) is 2.13. The minimum atomic E-state index is -0.422. The number of benzene rings is 3. The summed E-state index contributed by atoms with van der Waals surface area (Å²) < 4.78 is 12.7. The summed E-state index contributed by atoms with van der Waals surface area (Å²) in [6, 6.07) is 15.9. The molecule has 1 aliphatic rings. The van der Waals surface area contributed by atoms with Crippen molar-refractivity contribution in [3.05, 3.63) is 96.3 Å². The third-order valence-electron chi connectivity index (χ3n) is 5.41. The molecule has 0 spiro atoms. The first-order valence-corrected chi connectivity index (χ1v) is 14.1. The van der Waals surface area contributed by atoms with Crippen molar-refractivity contribution in [2.75, 3.05) is 6.61 Å². The summed E-state index contributed by atoms with van der Waals surface area (Å²) in [4.78, 5) is 26.2. The van der Waals surface area contributed by atoms with E-state index in [1.54, 1.807) is 48.5 Å². The van der Waals surface area contributed by atoms with Crippen molar-refractivity contribution in [3.8, 4) is 11.5 Å². The predicted molar refractivity (Wildman–Crippen MR) is 160 cm³/mol. The van der Waals surface area contributed by atoms with Crippen LogP contribution in [0.2, 0.25) is 10.0 Å². The quantitative estimate of drug-likeness (QED) is 0.200. The van der Waals surface area contributed by atoms with Crippen LogP contribution in [0.25, 0.3) is 6.08 Å². The molecule has 1 fully saturated rings. The number of hydrogen-bond donors (Lipinski definition) is 1. The van der Waals surface area contributed by atoms with Crippen LogP contribution in [0.5, 0.6) is 11.5 Å². The molecule has 1 N–H and O–H groups in total. The third-order valence-corrected chi connectivity index (χ3v) is 7.89. The van der Waals surface area contributed by atoms with Gasteiger partial charge in [0.1, 0.15) is 6.61 Å². The maximum atomic E-state index is 13.1. The zero-order valence-corrected chi connectivity index (χ0v) is 24.9. The van der Waals surface area contributed by atoms with Gasteiger partial charge in [0.25, 0.3) is 11.8 Å². The topological polar surface area (TPSA) is 67.9 Å². The van der Waals surface area contributed by atoms with Crippen LogP contribution in [0.3, 0.4) is 0 Å². The van der Waals surface area contributed by atoms with Gasteiger partial charge in [-0.2, -0.15) is 5.01 Å². The number of nitrogens with one attached hydrogen (secondary N) is 1. The summed E-state index contributed by atoms with van der Waals surface area (Å²) in [6.07, 6.45) is 1.69. The van der Waals surface area contributed by atoms with Gasteiger partial charge in [-0.15, -0.1) is 0 Å². The number of hydrogen-bond acceptors (Lipinski definition) is 6. The molecule has 6 nitrogen and oxygen atoms in total. The average molecular weight is 652 g/mol. The van der Waals surface area contributed by atoms with E-state index in [2.05, 4.69) is 21.4 Å². The lowest BCUT2D eigenvalue weighted by Crippen LogP contribution is -2.45. The van der Waals surface area contributed by atoms with Crippen LogP contribution >= 0.6 is 63.1 Å². The molecule has 0 bridgehead atoms. The number of amides is 2. The minimum Gasteiger partial charge on any atom is -0.490 e. The Hall–Kier alpha value is -2.56. The lowest BCUT2D eigenvalue weighted by molar-refractivity contribution is -0.123. The second kappa shape index (κ2) is 12.5. The van der Waals surface area contributed by atoms with E-state index in [0.717, 1.165) is 27.9 Å². The second-order valence-corrected chi connectivity index (χ2v) is 11.4. The van der Waals surface area contributed by atoms with E-state index in [-0.39, 0.29) is 10.9 Å². The van der Waals surface area contributed by atoms with Crippen LogP contribution in [-0.4, -0.2) is 27.8 Å². The summed E-state index contributed by atoms with van der Waals surface area (Å²) >= 11 is 22.3. The molecule has 3 aromatic rings. The van der Waals surface area contributed by atoms with Crippen LogP contribution in [0, 0.1) is 6.92 Å². The Kier molecular flexibility index (Phi) is 9.38. The molecule has 2 amide bonds. The van der Waals surface area contributed by atoms with E-state index in [1.807, 2.05) is 26.0 Å². The number of halogens is 3. The molecule has 1 saturated heterocycles. The Labute approximate surface area is 248 Å². The van der Waals surface area contributed by atoms with Gasteiger partial charge < -0.3 is 9.47 Å². The summed E-state index contributed by atoms with van der Waals surface area (Å²) in [6.45, 7) is 4.29. The number of carbonyl (C=O) groups excluding carboxylic acids is 2. The highest BCUT2D eigenvalue weighted by Gasteiger charge is 2.34. The lowest BCUT2D eigenvalue weighted by atomic mass is 10.1. The second-order valence-electron chi connectivity index (χ2n) is 8.06. The fourth-order valence-corrected chi connectivity index (χ4v) is 5.78. The number of carbonyl (C=O) groups is 2. The Morgan fingerprint density at radius 2 is 1.92 bits per heavy atom. The van der Waals surface area contributed by atoms with E-state index < -0.39 is 11.8 Å². The van der Waals surface area contributed by atoms with Crippen LogP contribution in [0.4, 0.5) is 0 Å². The van der Waals surface area contributed by atoms with Crippen molar-refractivity contribution in [2.45, 2.75) is 20.5 Å². The first-order chi connectivity index (χ1) is 18.2. The molecule has 0 unspecified atom stereocenters. The van der Waals surface area contributed by atoms with Crippen molar-refractivity contribution >= 4 is 85.3 Å². The summed E-state index contributed by atoms with van der Waals surface area (Å²) in [7, 11) is 0. The Morgan fingerprint density at radius 3 is 2.63 bits per heavy atom. The van der Waals surface area contributed by atoms with Crippen LogP contribution < -0.4 is 14.9 Å². The monoisotopic (exact) mass is 650 g/mol. The molecular weight excluding hydrogens is 631 g/mol. The normalized spacial score (nSPS) is 14.2. The largest absolute Gasteiger partial charge is 0.490 e. The maximum absolute atomic E-state index is 13.1. The van der Waals surface area contributed by atoms with Crippen molar-refractivity contribution in [1.29, 1.82) is 0 Å². The number of ether oxygens (including phenoxy) is 2. The fourth-order valence-electron chi connectivity index (χ4n) is 3.57. The minimum absolute atomic E-state index is 0.202. The van der Waals surface area contributed by atoms with Crippen LogP contribution in [-0.2, 0) is 11.4 Å². The van der Waals surface area contributed by atoms with E-state index in [1.165, 1.54) is 0 Å². The standard InChI is InChI=1S/C27H21BrCl2N2O4S2/c1-3-35-22-11-16(10-20(28)24(22)36-14-17-8-9-18(29)13-21(17)30)12-23-26(34)32(27(37)38-23)31-25(33)19-7-5-4-6-15(19)2/h4-13H,3,14H2,1-2H3,(H,31,33)/b23-12-. The molecule has 11 heteroatoms. The number of hydrazine groups is 1. The van der Waals surface area contributed by atoms with Gasteiger partial charge in [0.15, 0.2) is 15.8 Å². The van der Waals surface area contributed by atoms with Gasteiger partial charge in [-0.1, -0.05) is 59.2 Å². The zero-order chi connectivity index (χ0) is 27.4. The highest BCUT2D eigenvalue weighted by atomic mass is 79.9. The maximum Gasteiger partial charge on any atom is 0.285 e. The van der Waals surface area contributed by atoms with Crippen molar-refractivity contribution in [1.82, 2.24) is 10.4 Å². The smallest absolute Gasteiger partial charge is 0.285 e. The van der Waals surface area contributed by atoms with Gasteiger partial charge in [0.2, 0.25) is 0 Å². The summed E-state index contributed by atoms with van der Waals surface area (Å²) in [5.41, 5.74) is 5.32. The molecule has 1 heterocycles. The molecule has 3 aromatic carbocycles. The van der Waals surface area contributed by atoms with Gasteiger partial charge in [0, 0.05) is 21.2 Å². The molecule has 0 aliphatic carbocycles. The van der Waals surface area contributed by atoms with Gasteiger partial charge in [-0.05, 0) is 89.5 Å². The summed E-state index contributed by atoms with van der Waals surface area (Å²) in [5.74, 6) is 0.146. The average Bonchev–Trinajstić information content (AvgIpc) is 3.12. The third kappa shape index (κ3) is 6.52. The fraction of sp³-hybridized carbons (Fsp3) is 0.148. The molecular formula is C27H21BrCl2N2O4S2. The van der Waals surface area contributed by atoms with Crippen molar-refractivity contribution in [3.63, 3.8) is 0 Å². The Morgan fingerprint density at radius 1 is 1.16 bits per heavy atom. The van der Waals surface area contributed by atoms with Crippen LogP contribution in [0.1, 0.15) is 34.0 Å². The number of thioether (sulfide) groups is 1. The number of thiocarbonyl (C=S) groups is 1. The lowest BCUT2D eigenvalue weighted by Gasteiger charge is -2.16. The molecule has 196 valence electrons. The van der Waals surface area contributed by atoms with Gasteiger partial charge in [-0.3, -0.25) is 15.0 Å². The van der Waals surface area contributed by atoms with E-state index in [4.69, 9.17) is 44.9 Å². The first kappa shape index (κ1) is 28.4. The number of rotatable bonds is 8. The Bertz CT molecular complexity index is 1460. The Balaban J connectivity index is 1.54. The van der Waals surface area contributed by atoms with Gasteiger partial charge in [-0.25, -0.2) is 0 Å². The SMILES string of the molecule is CCOc1cc(/C=C2\SC(=S)N(NC(=O)c3ccccc3C)C2=O)cc(Br)c1OCc1ccc(Cl)cc1Cl. The molecule has 0 radical (unpaired) electrons. The molecule has 0 atom stereocenters. The van der Waals surface area contributed by atoms with E-state index in [0.29, 0.717) is 48.7 Å². The van der Waals surface area contributed by atoms with E-state index >= 15 is 0 Å². The van der Waals surface area contributed by atoms with Gasteiger partial charge in [0.05, 0.1) is 16.0 Å². The highest BCUT2D eigenvalue weighted by Crippen LogP contribution is 2.40. The van der Waals surface area contributed by atoms with E-state index in [9.17, 15) is 9.59 Å². The van der Waals surface area contributed by atoms with Crippen molar-refractivity contribution in [2.24, 2.45) is 0 Å². The molecule has 4 rings (SSSR count).